The number of ether oxygens (including phenoxy) is 1. The molecule has 1 aliphatic rings. The Morgan fingerprint density at radius 2 is 2.25 bits per heavy atom. The topological polar surface area (TPSA) is 52.3 Å². The van der Waals surface area contributed by atoms with Crippen molar-refractivity contribution in [3.05, 3.63) is 34.9 Å². The highest BCUT2D eigenvalue weighted by molar-refractivity contribution is 5.83. The minimum atomic E-state index is -0.950. The zero-order chi connectivity index (χ0) is 11.8. The zero-order valence-electron chi connectivity index (χ0n) is 9.75. The van der Waals surface area contributed by atoms with E-state index in [1.807, 2.05) is 13.0 Å². The predicted molar refractivity (Wildman–Crippen MR) is 62.0 cm³/mol. The van der Waals surface area contributed by atoms with E-state index in [0.29, 0.717) is 6.42 Å². The molecule has 0 radical (unpaired) electrons. The molecule has 1 atom stereocenters. The number of nitrogens with two attached hydrogens (primary N) is 1. The lowest BCUT2D eigenvalue weighted by Crippen LogP contribution is -2.48. The summed E-state index contributed by atoms with van der Waals surface area (Å²) in [4.78, 5) is 11.8. The number of hydrogen-bond acceptors (Lipinski definition) is 3. The van der Waals surface area contributed by atoms with Gasteiger partial charge in [-0.05, 0) is 37.3 Å². The molecule has 16 heavy (non-hydrogen) atoms. The van der Waals surface area contributed by atoms with Gasteiger partial charge in [0.25, 0.3) is 0 Å². The number of hydrogen-bond donors (Lipinski definition) is 1. The Morgan fingerprint density at radius 3 is 2.94 bits per heavy atom. The highest BCUT2D eigenvalue weighted by Crippen LogP contribution is 2.34. The number of carbonyl (C=O) groups is 1. The van der Waals surface area contributed by atoms with Gasteiger partial charge in [0, 0.05) is 0 Å². The van der Waals surface area contributed by atoms with Crippen molar-refractivity contribution in [3.63, 3.8) is 0 Å². The molecule has 0 saturated carbocycles. The third kappa shape index (κ3) is 1.61. The van der Waals surface area contributed by atoms with Crippen LogP contribution in [-0.2, 0) is 21.5 Å². The first kappa shape index (κ1) is 11.1. The molecule has 0 heterocycles. The lowest BCUT2D eigenvalue weighted by molar-refractivity contribution is -0.148. The summed E-state index contributed by atoms with van der Waals surface area (Å²) in [5, 5.41) is 0. The van der Waals surface area contributed by atoms with E-state index < -0.39 is 5.54 Å². The maximum Gasteiger partial charge on any atom is 0.330 e. The smallest absolute Gasteiger partial charge is 0.330 e. The van der Waals surface area contributed by atoms with Gasteiger partial charge in [0.15, 0.2) is 0 Å². The molecule has 2 N–H and O–H groups in total. The second-order valence-electron chi connectivity index (χ2n) is 4.48. The van der Waals surface area contributed by atoms with Gasteiger partial charge < -0.3 is 10.5 Å². The first-order valence-corrected chi connectivity index (χ1v) is 5.55. The molecule has 1 unspecified atom stereocenters. The van der Waals surface area contributed by atoms with Crippen molar-refractivity contribution in [1.82, 2.24) is 0 Å². The van der Waals surface area contributed by atoms with Crippen molar-refractivity contribution in [2.45, 2.75) is 31.7 Å². The number of methoxy groups -OCH3 is 1. The van der Waals surface area contributed by atoms with E-state index >= 15 is 0 Å². The minimum Gasteiger partial charge on any atom is -0.467 e. The largest absolute Gasteiger partial charge is 0.467 e. The number of benzene rings is 1. The summed E-state index contributed by atoms with van der Waals surface area (Å²) in [5.41, 5.74) is 8.50. The molecule has 86 valence electrons. The summed E-state index contributed by atoms with van der Waals surface area (Å²) < 4.78 is 4.83. The van der Waals surface area contributed by atoms with Gasteiger partial charge >= 0.3 is 5.97 Å². The zero-order valence-corrected chi connectivity index (χ0v) is 9.75. The fourth-order valence-electron chi connectivity index (χ4n) is 2.41. The molecule has 0 saturated heterocycles. The molecule has 0 spiro atoms. The molecule has 0 bridgehead atoms. The quantitative estimate of drug-likeness (QED) is 0.731. The molecule has 0 amide bonds. The van der Waals surface area contributed by atoms with Gasteiger partial charge in [-0.1, -0.05) is 23.8 Å². The molecule has 0 fully saturated rings. The van der Waals surface area contributed by atoms with Crippen LogP contribution in [0.15, 0.2) is 18.2 Å². The van der Waals surface area contributed by atoms with Gasteiger partial charge in [-0.15, -0.1) is 0 Å². The second-order valence-corrected chi connectivity index (χ2v) is 4.48. The highest BCUT2D eigenvalue weighted by atomic mass is 16.5. The molecule has 0 aliphatic heterocycles. The van der Waals surface area contributed by atoms with Crippen molar-refractivity contribution >= 4 is 5.97 Å². The van der Waals surface area contributed by atoms with E-state index in [2.05, 4.69) is 12.1 Å². The first-order valence-electron chi connectivity index (χ1n) is 5.55. The molecule has 3 heteroatoms. The summed E-state index contributed by atoms with van der Waals surface area (Å²) in [6.07, 6.45) is 2.59. The van der Waals surface area contributed by atoms with E-state index in [9.17, 15) is 4.79 Å². The van der Waals surface area contributed by atoms with Crippen LogP contribution in [-0.4, -0.2) is 13.1 Å². The van der Waals surface area contributed by atoms with Crippen LogP contribution in [0.25, 0.3) is 0 Å². The third-order valence-corrected chi connectivity index (χ3v) is 3.31. The number of esters is 1. The Kier molecular flexibility index (Phi) is 2.72. The Hall–Kier alpha value is -1.35. The van der Waals surface area contributed by atoms with E-state index in [4.69, 9.17) is 10.5 Å². The van der Waals surface area contributed by atoms with Crippen LogP contribution in [0.5, 0.6) is 0 Å². The third-order valence-electron chi connectivity index (χ3n) is 3.31. The van der Waals surface area contributed by atoms with Crippen molar-refractivity contribution in [2.75, 3.05) is 7.11 Å². The van der Waals surface area contributed by atoms with Crippen LogP contribution in [0, 0.1) is 6.92 Å². The Morgan fingerprint density at radius 1 is 1.50 bits per heavy atom. The van der Waals surface area contributed by atoms with Crippen LogP contribution in [0.1, 0.15) is 29.5 Å². The van der Waals surface area contributed by atoms with Gasteiger partial charge in [-0.3, -0.25) is 0 Å². The lowest BCUT2D eigenvalue weighted by atomic mass is 9.76. The second kappa shape index (κ2) is 3.91. The normalized spacial score (nSPS) is 23.7. The van der Waals surface area contributed by atoms with Crippen molar-refractivity contribution in [2.24, 2.45) is 5.73 Å². The average Bonchev–Trinajstić information content (AvgIpc) is 2.29. The minimum absolute atomic E-state index is 0.334. The fourth-order valence-corrected chi connectivity index (χ4v) is 2.41. The summed E-state index contributed by atoms with van der Waals surface area (Å²) in [5.74, 6) is -0.334. The molecule has 1 aromatic rings. The maximum absolute atomic E-state index is 11.8. The van der Waals surface area contributed by atoms with E-state index in [1.54, 1.807) is 0 Å². The summed E-state index contributed by atoms with van der Waals surface area (Å²) in [7, 11) is 1.39. The monoisotopic (exact) mass is 219 g/mol. The molecule has 0 aromatic heterocycles. The van der Waals surface area contributed by atoms with Crippen molar-refractivity contribution in [1.29, 1.82) is 0 Å². The van der Waals surface area contributed by atoms with E-state index in [0.717, 1.165) is 24.0 Å². The Labute approximate surface area is 95.6 Å². The standard InChI is InChI=1S/C13H17NO2/c1-9-5-6-10-4-3-7-13(14,11(10)8-9)12(15)16-2/h5-6,8H,3-4,7,14H2,1-2H3. The molecule has 1 aliphatic carbocycles. The van der Waals surface area contributed by atoms with Gasteiger partial charge in [-0.25, -0.2) is 4.79 Å². The van der Waals surface area contributed by atoms with Crippen molar-refractivity contribution < 1.29 is 9.53 Å². The van der Waals surface area contributed by atoms with Crippen molar-refractivity contribution in [3.8, 4) is 0 Å². The highest BCUT2D eigenvalue weighted by Gasteiger charge is 2.40. The molecular formula is C13H17NO2. The van der Waals surface area contributed by atoms with Gasteiger partial charge in [0.05, 0.1) is 7.11 Å². The van der Waals surface area contributed by atoms with E-state index in [-0.39, 0.29) is 5.97 Å². The maximum atomic E-state index is 11.8. The Bertz CT molecular complexity index is 428. The average molecular weight is 219 g/mol. The lowest BCUT2D eigenvalue weighted by Gasteiger charge is -2.33. The van der Waals surface area contributed by atoms with Gasteiger partial charge in [0.1, 0.15) is 5.54 Å². The van der Waals surface area contributed by atoms with Crippen LogP contribution < -0.4 is 5.73 Å². The first-order chi connectivity index (χ1) is 7.58. The van der Waals surface area contributed by atoms with Gasteiger partial charge in [-0.2, -0.15) is 0 Å². The summed E-state index contributed by atoms with van der Waals surface area (Å²) in [6.45, 7) is 2.01. The van der Waals surface area contributed by atoms with Crippen LogP contribution in [0.2, 0.25) is 0 Å². The van der Waals surface area contributed by atoms with Crippen LogP contribution in [0.4, 0.5) is 0 Å². The van der Waals surface area contributed by atoms with Gasteiger partial charge in [0.2, 0.25) is 0 Å². The number of fused-ring (bicyclic) bond motifs is 1. The van der Waals surface area contributed by atoms with Crippen LogP contribution in [0.3, 0.4) is 0 Å². The summed E-state index contributed by atoms with van der Waals surface area (Å²) >= 11 is 0. The number of aryl methyl sites for hydroxylation is 2. The van der Waals surface area contributed by atoms with Crippen LogP contribution >= 0.6 is 0 Å². The molecule has 2 rings (SSSR count). The summed E-state index contributed by atoms with van der Waals surface area (Å²) in [6, 6.07) is 6.13. The Balaban J connectivity index is 2.54. The molecule has 3 nitrogen and oxygen atoms in total. The molecular weight excluding hydrogens is 202 g/mol. The number of rotatable bonds is 1. The SMILES string of the molecule is COC(=O)C1(N)CCCc2ccc(C)cc21. The molecule has 1 aromatic carbocycles. The fraction of sp³-hybridized carbons (Fsp3) is 0.462. The predicted octanol–water partition coefficient (Wildman–Crippen LogP) is 1.66. The number of carbonyl (C=O) groups excluding carboxylic acids is 1. The van der Waals surface area contributed by atoms with E-state index in [1.165, 1.54) is 12.7 Å².